The predicted molar refractivity (Wildman–Crippen MR) is 157 cm³/mol. The highest BCUT2D eigenvalue weighted by molar-refractivity contribution is 7.33. The number of rotatable bonds is 2. The molecule has 39 heavy (non-hydrogen) atoms. The van der Waals surface area contributed by atoms with Crippen LogP contribution in [0.1, 0.15) is 85.8 Å². The first-order valence-electron chi connectivity index (χ1n) is 13.3. The molecule has 6 nitrogen and oxygen atoms in total. The van der Waals surface area contributed by atoms with Gasteiger partial charge in [-0.2, -0.15) is 21.0 Å². The molecule has 9 heteroatoms. The summed E-state index contributed by atoms with van der Waals surface area (Å²) in [4.78, 5) is 12.8. The molecule has 2 saturated carbocycles. The Hall–Kier alpha value is -3.60. The molecule has 0 amide bonds. The Morgan fingerprint density at radius 2 is 1.26 bits per heavy atom. The van der Waals surface area contributed by atoms with E-state index in [1.807, 2.05) is 47.0 Å². The van der Waals surface area contributed by atoms with E-state index in [0.29, 0.717) is 0 Å². The fourth-order valence-corrected chi connectivity index (χ4v) is 11.9. The first-order chi connectivity index (χ1) is 19.1. The summed E-state index contributed by atoms with van der Waals surface area (Å²) in [5, 5.41) is 38.2. The van der Waals surface area contributed by atoms with Crippen LogP contribution >= 0.6 is 34.0 Å². The van der Waals surface area contributed by atoms with Crippen LogP contribution in [0.5, 0.6) is 0 Å². The highest BCUT2D eigenvalue weighted by Crippen LogP contribution is 2.67. The summed E-state index contributed by atoms with van der Waals surface area (Å²) in [6.45, 7) is 0. The van der Waals surface area contributed by atoms with Gasteiger partial charge in [0.25, 0.3) is 0 Å². The Bertz CT molecular complexity index is 1790. The zero-order valence-electron chi connectivity index (χ0n) is 21.1. The van der Waals surface area contributed by atoms with Gasteiger partial charge in [-0.05, 0) is 43.4 Å². The van der Waals surface area contributed by atoms with Crippen molar-refractivity contribution in [3.05, 3.63) is 33.3 Å². The molecule has 190 valence electrons. The third kappa shape index (κ3) is 3.31. The van der Waals surface area contributed by atoms with Crippen LogP contribution in [0.3, 0.4) is 0 Å². The Morgan fingerprint density at radius 1 is 0.667 bits per heavy atom. The van der Waals surface area contributed by atoms with Crippen LogP contribution in [-0.4, -0.2) is 11.4 Å². The molecule has 4 aliphatic rings. The van der Waals surface area contributed by atoms with E-state index in [-0.39, 0.29) is 22.3 Å². The average Bonchev–Trinajstić information content (AvgIpc) is 3.73. The van der Waals surface area contributed by atoms with Gasteiger partial charge in [-0.25, -0.2) is 9.98 Å². The van der Waals surface area contributed by atoms with E-state index in [9.17, 15) is 21.0 Å². The van der Waals surface area contributed by atoms with Crippen molar-refractivity contribution in [1.29, 1.82) is 21.0 Å². The van der Waals surface area contributed by atoms with Crippen LogP contribution in [-0.2, 0) is 10.8 Å². The lowest BCUT2D eigenvalue weighted by atomic mass is 9.68. The number of thiophene rings is 3. The van der Waals surface area contributed by atoms with Crippen LogP contribution in [0.2, 0.25) is 0 Å². The molecule has 0 aliphatic heterocycles. The van der Waals surface area contributed by atoms with Crippen LogP contribution in [0, 0.1) is 45.3 Å². The summed E-state index contributed by atoms with van der Waals surface area (Å²) >= 11 is 5.35. The van der Waals surface area contributed by atoms with E-state index in [1.54, 1.807) is 11.3 Å². The van der Waals surface area contributed by atoms with Gasteiger partial charge in [0, 0.05) is 26.8 Å². The lowest BCUT2D eigenvalue weighted by molar-refractivity contribution is 0.346. The highest BCUT2D eigenvalue weighted by atomic mass is 32.1. The van der Waals surface area contributed by atoms with E-state index in [0.717, 1.165) is 49.2 Å². The smallest absolute Gasteiger partial charge is 0.219 e. The second-order valence-corrected chi connectivity index (χ2v) is 13.9. The Kier molecular flexibility index (Phi) is 5.62. The maximum Gasteiger partial charge on any atom is 0.219 e. The molecule has 0 bridgehead atoms. The summed E-state index contributed by atoms with van der Waals surface area (Å²) < 4.78 is 2.75. The van der Waals surface area contributed by atoms with Crippen molar-refractivity contribution in [2.24, 2.45) is 9.98 Å². The number of fused-ring (bicyclic) bond motifs is 10. The lowest BCUT2D eigenvalue weighted by Crippen LogP contribution is -2.29. The maximum atomic E-state index is 9.44. The van der Waals surface area contributed by atoms with Crippen molar-refractivity contribution >= 4 is 65.9 Å². The molecule has 0 radical (unpaired) electrons. The highest BCUT2D eigenvalue weighted by Gasteiger charge is 2.51. The molecule has 7 rings (SSSR count). The zero-order valence-corrected chi connectivity index (χ0v) is 23.6. The average molecular weight is 563 g/mol. The van der Waals surface area contributed by atoms with E-state index in [2.05, 4.69) is 22.1 Å². The van der Waals surface area contributed by atoms with E-state index < -0.39 is 0 Å². The van der Waals surface area contributed by atoms with Crippen molar-refractivity contribution in [3.63, 3.8) is 0 Å². The maximum absolute atomic E-state index is 9.44. The van der Waals surface area contributed by atoms with E-state index in [4.69, 9.17) is 0 Å². The minimum absolute atomic E-state index is 0.0390. The van der Waals surface area contributed by atoms with Gasteiger partial charge in [0.05, 0.1) is 24.9 Å². The summed E-state index contributed by atoms with van der Waals surface area (Å²) in [7, 11) is 0. The fourth-order valence-electron chi connectivity index (χ4n) is 7.44. The van der Waals surface area contributed by atoms with Crippen molar-refractivity contribution in [2.45, 2.75) is 75.0 Å². The number of nitrogens with zero attached hydrogens (tertiary/aromatic N) is 6. The zero-order chi connectivity index (χ0) is 26.8. The molecule has 3 aromatic rings. The number of hydrogen-bond acceptors (Lipinski definition) is 9. The summed E-state index contributed by atoms with van der Waals surface area (Å²) in [5.74, 6) is 0. The van der Waals surface area contributed by atoms with Crippen molar-refractivity contribution in [1.82, 2.24) is 0 Å². The predicted octanol–water partition coefficient (Wildman–Crippen LogP) is 8.42. The molecule has 4 aliphatic carbocycles. The molecule has 0 atom stereocenters. The Morgan fingerprint density at radius 3 is 1.90 bits per heavy atom. The second kappa shape index (κ2) is 8.97. The minimum atomic E-state index is -0.231. The van der Waals surface area contributed by atoms with Crippen molar-refractivity contribution < 1.29 is 0 Å². The SMILES string of the molecule is N#CC(C#N)=NC1=Cc2sc3c4c(sc3c2C12CCCCC2)-c1sc(N=C(C#N)C#N)cc1C41CCCCC1. The fraction of sp³-hybridized carbons (Fsp3) is 0.400. The number of aliphatic imine (C=N–C) groups is 2. The number of hydrogen-bond donors (Lipinski definition) is 0. The Balaban J connectivity index is 1.46. The van der Waals surface area contributed by atoms with Gasteiger partial charge in [-0.1, -0.05) is 38.5 Å². The first-order valence-corrected chi connectivity index (χ1v) is 15.8. The standard InChI is InChI=1S/C30H22N6S3/c31-13-17(14-32)35-21-12-20-23(30(21)9-5-2-6-10-30)26-28(37-20)24-27(39-26)25-19(29(24)7-3-1-4-8-29)11-22(38-25)36-18(15-33)16-34/h11-12H,1-10H2. The monoisotopic (exact) mass is 562 g/mol. The van der Waals surface area contributed by atoms with Crippen LogP contribution < -0.4 is 0 Å². The molecular weight excluding hydrogens is 541 g/mol. The summed E-state index contributed by atoms with van der Waals surface area (Å²) in [5.41, 5.74) is 4.63. The molecule has 0 saturated heterocycles. The van der Waals surface area contributed by atoms with Gasteiger partial charge in [-0.15, -0.1) is 34.0 Å². The van der Waals surface area contributed by atoms with Crippen molar-refractivity contribution in [2.75, 3.05) is 0 Å². The molecule has 3 aromatic heterocycles. The molecule has 0 unspecified atom stereocenters. The Labute approximate surface area is 238 Å². The quantitative estimate of drug-likeness (QED) is 0.291. The van der Waals surface area contributed by atoms with Gasteiger partial charge in [-0.3, -0.25) is 0 Å². The molecular formula is C30H22N6S3. The van der Waals surface area contributed by atoms with Crippen LogP contribution in [0.4, 0.5) is 5.00 Å². The molecule has 0 N–H and O–H groups in total. The van der Waals surface area contributed by atoms with Gasteiger partial charge < -0.3 is 0 Å². The third-order valence-electron chi connectivity index (χ3n) is 9.00. The molecule has 3 heterocycles. The summed E-state index contributed by atoms with van der Waals surface area (Å²) in [6.07, 6.45) is 13.4. The topological polar surface area (TPSA) is 120 Å². The second-order valence-electron chi connectivity index (χ2n) is 10.8. The number of allylic oxidation sites excluding steroid dienone is 1. The number of nitriles is 4. The van der Waals surface area contributed by atoms with Gasteiger partial charge >= 0.3 is 0 Å². The van der Waals surface area contributed by atoms with E-state index >= 15 is 0 Å². The van der Waals surface area contributed by atoms with Crippen molar-refractivity contribution in [3.8, 4) is 34.0 Å². The third-order valence-corrected chi connectivity index (χ3v) is 12.7. The van der Waals surface area contributed by atoms with Crippen LogP contribution in [0.25, 0.3) is 25.2 Å². The van der Waals surface area contributed by atoms with Gasteiger partial charge in [0.1, 0.15) is 29.3 Å². The van der Waals surface area contributed by atoms with Gasteiger partial charge in [0.2, 0.25) is 11.4 Å². The minimum Gasteiger partial charge on any atom is -0.231 e. The molecule has 0 aromatic carbocycles. The molecule has 2 fully saturated rings. The first kappa shape index (κ1) is 24.4. The normalized spacial score (nSPS) is 19.2. The van der Waals surface area contributed by atoms with E-state index in [1.165, 1.54) is 66.4 Å². The summed E-state index contributed by atoms with van der Waals surface area (Å²) in [6, 6.07) is 9.88. The van der Waals surface area contributed by atoms with Gasteiger partial charge in [0.15, 0.2) is 0 Å². The largest absolute Gasteiger partial charge is 0.231 e. The van der Waals surface area contributed by atoms with Crippen LogP contribution in [0.15, 0.2) is 21.7 Å². The molecule has 2 spiro atoms. The lowest BCUT2D eigenvalue weighted by Gasteiger charge is -2.35.